The topological polar surface area (TPSA) is 462 Å². The van der Waals surface area contributed by atoms with Gasteiger partial charge in [0.05, 0.1) is 25.7 Å². The number of urea groups is 1. The van der Waals surface area contributed by atoms with E-state index < -0.39 is 126 Å². The second-order valence-corrected chi connectivity index (χ2v) is 28.8. The number of aliphatic hydroxyl groups excluding tert-OH is 2. The van der Waals surface area contributed by atoms with Crippen LogP contribution in [-0.2, 0) is 76.4 Å². The summed E-state index contributed by atoms with van der Waals surface area (Å²) in [6.07, 6.45) is -1.42. The van der Waals surface area contributed by atoms with Gasteiger partial charge in [0.25, 0.3) is 0 Å². The zero-order valence-corrected chi connectivity index (χ0v) is 59.9. The van der Waals surface area contributed by atoms with Crippen LogP contribution < -0.4 is 48.7 Å². The van der Waals surface area contributed by atoms with E-state index in [4.69, 9.17) is 11.5 Å². The fraction of sp³-hybridized carbons (Fsp3) is 0.636. The lowest BCUT2D eigenvalue weighted by atomic mass is 10.0. The van der Waals surface area contributed by atoms with Crippen LogP contribution in [0.1, 0.15) is 87.5 Å². The van der Waals surface area contributed by atoms with Gasteiger partial charge < -0.3 is 84.0 Å². The normalized spacial score (nSPS) is 23.4. The maximum atomic E-state index is 14.9. The average Bonchev–Trinajstić information content (AvgIpc) is 1.72. The number of nitrogens with zero attached hydrogens (tertiary/aromatic N) is 6. The molecule has 4 aliphatic rings. The van der Waals surface area contributed by atoms with Crippen LogP contribution in [0.3, 0.4) is 0 Å². The molecule has 101 heavy (non-hydrogen) atoms. The first-order chi connectivity index (χ1) is 48.3. The molecule has 0 spiro atoms. The number of amides is 11. The lowest BCUT2D eigenvalue weighted by Crippen LogP contribution is -2.61. The van der Waals surface area contributed by atoms with Gasteiger partial charge in [-0.05, 0) is 67.7 Å². The highest BCUT2D eigenvalue weighted by Gasteiger charge is 2.45. The number of carbonyl (C=O) groups excluding carboxylic acids is 10. The Bertz CT molecular complexity index is 3100. The van der Waals surface area contributed by atoms with Crippen molar-refractivity contribution in [2.45, 2.75) is 144 Å². The fourth-order valence-corrected chi connectivity index (χ4v) is 15.0. The van der Waals surface area contributed by atoms with Crippen LogP contribution in [0.4, 0.5) is 4.79 Å². The molecule has 4 heterocycles. The molecule has 8 atom stereocenters. The second-order valence-electron chi connectivity index (χ2n) is 25.7. The molecule has 2 aromatic rings. The molecule has 4 aliphatic heterocycles. The molecule has 3 saturated heterocycles. The van der Waals surface area contributed by atoms with Gasteiger partial charge in [0, 0.05) is 132 Å². The number of fused-ring (bicyclic) bond motifs is 4. The number of β-amino-alcohol motifs (C(OH)–C–C–N with tert-alkyl or cyclic N) is 2. The summed E-state index contributed by atoms with van der Waals surface area (Å²) in [7, 11) is 0. The quantitative estimate of drug-likeness (QED) is 0.0367. The van der Waals surface area contributed by atoms with Gasteiger partial charge >= 0.3 is 18.0 Å². The first-order valence-electron chi connectivity index (χ1n) is 34.2. The second kappa shape index (κ2) is 42.9. The smallest absolute Gasteiger partial charge is 0.317 e. The Hall–Kier alpha value is -7.35. The van der Waals surface area contributed by atoms with E-state index in [1.165, 1.54) is 52.0 Å². The highest BCUT2D eigenvalue weighted by Crippen LogP contribution is 2.28. The molecule has 11 amide bonds. The summed E-state index contributed by atoms with van der Waals surface area (Å²) in [5.74, 6) is -7.19. The minimum Gasteiger partial charge on any atom is -0.480 e. The number of hydrogen-bond donors (Lipinski definition) is 14. The van der Waals surface area contributed by atoms with E-state index in [0.717, 1.165) is 23.1 Å². The maximum Gasteiger partial charge on any atom is 0.317 e. The summed E-state index contributed by atoms with van der Waals surface area (Å²) >= 11 is 4.17. The van der Waals surface area contributed by atoms with Crippen molar-refractivity contribution >= 4 is 106 Å². The minimum atomic E-state index is -1.71. The van der Waals surface area contributed by atoms with Crippen LogP contribution in [0, 0.1) is 0 Å². The zero-order chi connectivity index (χ0) is 73.5. The number of carboxylic acids is 2. The van der Waals surface area contributed by atoms with Gasteiger partial charge in [-0.3, -0.25) is 72.3 Å². The van der Waals surface area contributed by atoms with Crippen LogP contribution in [-0.4, -0.2) is 303 Å². The highest BCUT2D eigenvalue weighted by atomic mass is 32.2. The summed E-state index contributed by atoms with van der Waals surface area (Å²) in [5.41, 5.74) is 14.6. The van der Waals surface area contributed by atoms with Gasteiger partial charge in [0.2, 0.25) is 53.2 Å². The number of thioether (sulfide) groups is 3. The number of hydrogen-bond acceptors (Lipinski definition) is 22. The minimum absolute atomic E-state index is 0.0392. The molecule has 16 N–H and O–H groups in total. The molecule has 3 fully saturated rings. The number of rotatable bonds is 24. The summed E-state index contributed by atoms with van der Waals surface area (Å²) in [5, 5.41) is 68.9. The van der Waals surface area contributed by atoms with Gasteiger partial charge in [-0.2, -0.15) is 35.3 Å². The van der Waals surface area contributed by atoms with Gasteiger partial charge in [-0.25, -0.2) is 4.79 Å². The van der Waals surface area contributed by atoms with E-state index in [1.807, 2.05) is 30.0 Å². The number of nitrogens with two attached hydrogens (primary N) is 2. The molecular formula is C66H101N15O17S3. The predicted octanol–water partition coefficient (Wildman–Crippen LogP) is -3.02. The Morgan fingerprint density at radius 2 is 1.20 bits per heavy atom. The van der Waals surface area contributed by atoms with Crippen LogP contribution >= 0.6 is 35.3 Å². The van der Waals surface area contributed by atoms with Crippen molar-refractivity contribution in [3.8, 4) is 0 Å². The Kier molecular flexibility index (Phi) is 35.1. The van der Waals surface area contributed by atoms with Crippen LogP contribution in [0.5, 0.6) is 0 Å². The molecule has 6 rings (SSSR count). The van der Waals surface area contributed by atoms with E-state index in [9.17, 15) is 83.1 Å². The molecule has 560 valence electrons. The van der Waals surface area contributed by atoms with Crippen molar-refractivity contribution in [2.24, 2.45) is 11.5 Å². The third-order valence-electron chi connectivity index (χ3n) is 17.5. The monoisotopic (exact) mass is 1470 g/mol. The molecule has 0 unspecified atom stereocenters. The van der Waals surface area contributed by atoms with Crippen LogP contribution in [0.2, 0.25) is 0 Å². The number of primary amides is 2. The van der Waals surface area contributed by atoms with Gasteiger partial charge in [0.1, 0.15) is 42.3 Å². The molecule has 0 aromatic heterocycles. The van der Waals surface area contributed by atoms with Crippen molar-refractivity contribution in [3.63, 3.8) is 0 Å². The fourth-order valence-electron chi connectivity index (χ4n) is 12.3. The Balaban J connectivity index is 1.26. The first kappa shape index (κ1) is 82.6. The van der Waals surface area contributed by atoms with Crippen molar-refractivity contribution in [2.75, 3.05) is 122 Å². The molecule has 0 radical (unpaired) electrons. The van der Waals surface area contributed by atoms with E-state index >= 15 is 0 Å². The summed E-state index contributed by atoms with van der Waals surface area (Å²) in [4.78, 5) is 173. The Labute approximate surface area is 601 Å². The summed E-state index contributed by atoms with van der Waals surface area (Å²) in [6, 6.07) is 4.72. The largest absolute Gasteiger partial charge is 0.480 e. The third-order valence-corrected chi connectivity index (χ3v) is 20.8. The molecular weight excluding hydrogens is 1370 g/mol. The van der Waals surface area contributed by atoms with Crippen molar-refractivity contribution in [3.05, 3.63) is 70.8 Å². The SMILES string of the molecule is CCCCNC(=O)N[C@H]1CSCc2cc(CSCCNC(=O)CN3CCN(CC(=O)O)CCN(CC(O)O)CCN(CC(=O)O)CC3)cc(c2)CSC[C@@H](C(N)=O)NC(=O)[C@H](Cc2ccccc2)NC(=O)[C@H](CCC(N)=O)NC(=O)[C@H]([C@@H](C)O)NC(=O)[C@@H]2CCCN2C(=O)[C@@H]2CCCN2C1=O. The number of unbranched alkanes of at least 4 members (excludes halogenated alkanes) is 1. The Morgan fingerprint density at radius 3 is 1.77 bits per heavy atom. The summed E-state index contributed by atoms with van der Waals surface area (Å²) < 4.78 is 0. The molecule has 0 saturated carbocycles. The van der Waals surface area contributed by atoms with E-state index in [1.54, 1.807) is 45.0 Å². The maximum absolute atomic E-state index is 14.9. The number of aliphatic carboxylic acids is 2. The van der Waals surface area contributed by atoms with Gasteiger partial charge in [0.15, 0.2) is 6.29 Å². The number of nitrogens with one attached hydrogen (secondary N) is 7. The number of carbonyl (C=O) groups is 12. The lowest BCUT2D eigenvalue weighted by molar-refractivity contribution is -0.147. The number of aliphatic hydroxyl groups is 3. The van der Waals surface area contributed by atoms with Gasteiger partial charge in [-0.15, -0.1) is 0 Å². The zero-order valence-electron chi connectivity index (χ0n) is 57.4. The van der Waals surface area contributed by atoms with Crippen LogP contribution in [0.25, 0.3) is 0 Å². The molecule has 2 aromatic carbocycles. The van der Waals surface area contributed by atoms with E-state index in [2.05, 4.69) is 37.2 Å². The Morgan fingerprint density at radius 1 is 0.634 bits per heavy atom. The van der Waals surface area contributed by atoms with Gasteiger partial charge in [-0.1, -0.05) is 61.9 Å². The predicted molar refractivity (Wildman–Crippen MR) is 379 cm³/mol. The molecule has 32 nitrogen and oxygen atoms in total. The third kappa shape index (κ3) is 28.8. The lowest BCUT2D eigenvalue weighted by Gasteiger charge is -2.33. The standard InChI is InChI=1S/C66H101N15O17S3/c1-3-4-16-70-66(98)74-50-41-101-39-46-30-44(37-99-28-17-69-54(84)33-76-20-22-77(34-55(85)86)24-26-79(36-57(89)90)27-25-78(23-21-76)35-56(87)88)29-45(31-46)38-100-40-49(59(68)91)73-61(93)48(32-43-10-6-5-7-11-43)72-60(92)47(14-15-53(67)83)71-63(95)58(42(2)82)75-62(94)51-12-8-18-80(51)65(97)52-13-9-19-81(52)64(50)96/h5-7,10-11,29-31,42,47-52,57-58,82,89-90H,3-4,8-9,12-28,32-41H2,1-2H3,(H2,67,83)(H2,68,91)(H,69,84)(H,71,95)(H,72,92)(H,73,93)(H,75,94)(H,85,86)(H,87,88)(H2,70,74,98)/t42-,47+,48+,49+,50+,51+,52+,58+/m1/s1. The highest BCUT2D eigenvalue weighted by molar-refractivity contribution is 7.99. The number of carboxylic acid groups (broad SMARTS) is 2. The van der Waals surface area contributed by atoms with Crippen molar-refractivity contribution in [1.82, 2.24) is 66.6 Å². The van der Waals surface area contributed by atoms with E-state index in [-0.39, 0.29) is 141 Å². The molecule has 0 aliphatic carbocycles. The molecule has 35 heteroatoms. The summed E-state index contributed by atoms with van der Waals surface area (Å²) in [6.45, 7) is 5.55. The average molecular weight is 1470 g/mol. The van der Waals surface area contributed by atoms with E-state index in [0.29, 0.717) is 54.4 Å². The number of benzene rings is 2. The van der Waals surface area contributed by atoms with Crippen molar-refractivity contribution < 1.29 is 83.1 Å². The molecule has 2 bridgehead atoms. The first-order valence-corrected chi connectivity index (χ1v) is 37.7. The van der Waals surface area contributed by atoms with Crippen LogP contribution in [0.15, 0.2) is 48.5 Å². The van der Waals surface area contributed by atoms with Crippen molar-refractivity contribution in [1.29, 1.82) is 0 Å².